The van der Waals surface area contributed by atoms with Crippen LogP contribution in [0, 0.1) is 11.8 Å². The summed E-state index contributed by atoms with van der Waals surface area (Å²) in [5.41, 5.74) is 0.953. The second kappa shape index (κ2) is 8.84. The maximum absolute atomic E-state index is 13.0. The first-order valence-corrected chi connectivity index (χ1v) is 10.3. The molecule has 1 aliphatic carbocycles. The maximum Gasteiger partial charge on any atom is 0.225 e. The van der Waals surface area contributed by atoms with Crippen molar-refractivity contribution in [1.29, 1.82) is 0 Å². The van der Waals surface area contributed by atoms with Crippen molar-refractivity contribution in [2.24, 2.45) is 11.8 Å². The Morgan fingerprint density at radius 2 is 1.82 bits per heavy atom. The molecule has 2 unspecified atom stereocenters. The number of amides is 2. The highest BCUT2D eigenvalue weighted by atomic mass is 16.5. The molecule has 2 fully saturated rings. The van der Waals surface area contributed by atoms with E-state index >= 15 is 0 Å². The van der Waals surface area contributed by atoms with E-state index < -0.39 is 0 Å². The molecule has 0 spiro atoms. The molecule has 1 N–H and O–H groups in total. The molecule has 154 valence electrons. The summed E-state index contributed by atoms with van der Waals surface area (Å²) in [5, 5.41) is 3.03. The first kappa shape index (κ1) is 20.5. The number of benzene rings is 1. The molecular weight excluding hydrogens is 356 g/mol. The zero-order chi connectivity index (χ0) is 20.3. The first-order chi connectivity index (χ1) is 13.4. The smallest absolute Gasteiger partial charge is 0.225 e. The van der Waals surface area contributed by atoms with Gasteiger partial charge in [0.25, 0.3) is 0 Å². The van der Waals surface area contributed by atoms with Gasteiger partial charge < -0.3 is 19.7 Å². The van der Waals surface area contributed by atoms with Crippen molar-refractivity contribution in [2.75, 3.05) is 27.3 Å². The van der Waals surface area contributed by atoms with Crippen molar-refractivity contribution in [3.05, 3.63) is 23.8 Å². The van der Waals surface area contributed by atoms with Gasteiger partial charge in [-0.1, -0.05) is 18.9 Å². The molecule has 0 aromatic heterocycles. The lowest BCUT2D eigenvalue weighted by molar-refractivity contribution is -0.134. The van der Waals surface area contributed by atoms with Crippen molar-refractivity contribution in [2.45, 2.75) is 51.5 Å². The first-order valence-electron chi connectivity index (χ1n) is 10.3. The minimum absolute atomic E-state index is 0.000377. The number of methoxy groups -OCH3 is 2. The number of hydrogen-bond donors (Lipinski definition) is 1. The van der Waals surface area contributed by atoms with Crippen LogP contribution in [0.1, 0.15) is 51.0 Å². The monoisotopic (exact) mass is 388 g/mol. The van der Waals surface area contributed by atoms with Crippen LogP contribution in [-0.2, 0) is 9.59 Å². The molecule has 2 amide bonds. The van der Waals surface area contributed by atoms with Gasteiger partial charge in [0.05, 0.1) is 20.1 Å². The van der Waals surface area contributed by atoms with Crippen LogP contribution in [0.4, 0.5) is 0 Å². The fourth-order valence-corrected chi connectivity index (χ4v) is 4.51. The van der Waals surface area contributed by atoms with Crippen LogP contribution in [0.15, 0.2) is 18.2 Å². The molecular formula is C22H32N2O4. The van der Waals surface area contributed by atoms with Crippen molar-refractivity contribution in [3.8, 4) is 11.5 Å². The summed E-state index contributed by atoms with van der Waals surface area (Å²) >= 11 is 0. The molecule has 1 aliphatic heterocycles. The summed E-state index contributed by atoms with van der Waals surface area (Å²) in [6.45, 7) is 4.93. The predicted octanol–water partition coefficient (Wildman–Crippen LogP) is 2.96. The van der Waals surface area contributed by atoms with Gasteiger partial charge in [-0.3, -0.25) is 9.59 Å². The minimum atomic E-state index is -0.282. The van der Waals surface area contributed by atoms with E-state index in [1.165, 1.54) is 0 Å². The molecule has 1 heterocycles. The number of likely N-dealkylation sites (tertiary alicyclic amines) is 1. The minimum Gasteiger partial charge on any atom is -0.497 e. The zero-order valence-electron chi connectivity index (χ0n) is 17.4. The second-order valence-corrected chi connectivity index (χ2v) is 8.21. The Hall–Kier alpha value is -2.24. The van der Waals surface area contributed by atoms with E-state index in [1.807, 2.05) is 36.9 Å². The van der Waals surface area contributed by atoms with Crippen LogP contribution in [0.5, 0.6) is 11.5 Å². The topological polar surface area (TPSA) is 67.9 Å². The number of nitrogens with zero attached hydrogens (tertiary/aromatic N) is 1. The summed E-state index contributed by atoms with van der Waals surface area (Å²) in [4.78, 5) is 27.8. The lowest BCUT2D eigenvalue weighted by Crippen LogP contribution is -2.39. The fraction of sp³-hybridized carbons (Fsp3) is 0.636. The molecule has 2 atom stereocenters. The van der Waals surface area contributed by atoms with E-state index in [4.69, 9.17) is 9.47 Å². The van der Waals surface area contributed by atoms with Crippen LogP contribution < -0.4 is 14.8 Å². The number of hydrogen-bond acceptors (Lipinski definition) is 4. The van der Waals surface area contributed by atoms with Crippen LogP contribution in [0.2, 0.25) is 0 Å². The third-order valence-corrected chi connectivity index (χ3v) is 5.94. The standard InChI is InChI=1S/C22H32N2O4/c1-14(2)23-21(25)19-13-24(22(26)15-7-5-6-8-15)12-18(19)17-10-9-16(27-3)11-20(17)28-4/h9-11,14-15,18-19H,5-8,12-13H2,1-4H3,(H,23,25). The van der Waals surface area contributed by atoms with Gasteiger partial charge in [-0.2, -0.15) is 0 Å². The number of nitrogens with one attached hydrogen (secondary N) is 1. The number of carbonyl (C=O) groups excluding carboxylic acids is 2. The van der Waals surface area contributed by atoms with Crippen LogP contribution in [0.25, 0.3) is 0 Å². The molecule has 0 radical (unpaired) electrons. The molecule has 2 aliphatic rings. The molecule has 3 rings (SSSR count). The molecule has 1 aromatic rings. The lowest BCUT2D eigenvalue weighted by atomic mass is 9.87. The van der Waals surface area contributed by atoms with E-state index in [2.05, 4.69) is 5.32 Å². The van der Waals surface area contributed by atoms with Crippen molar-refractivity contribution >= 4 is 11.8 Å². The maximum atomic E-state index is 13.0. The van der Waals surface area contributed by atoms with Crippen LogP contribution in [0.3, 0.4) is 0 Å². The SMILES string of the molecule is COc1ccc(C2CN(C(=O)C3CCCC3)CC2C(=O)NC(C)C)c(OC)c1. The van der Waals surface area contributed by atoms with E-state index in [1.54, 1.807) is 14.2 Å². The Morgan fingerprint density at radius 1 is 1.11 bits per heavy atom. The number of rotatable bonds is 6. The van der Waals surface area contributed by atoms with Gasteiger partial charge in [0.1, 0.15) is 11.5 Å². The molecule has 0 bridgehead atoms. The summed E-state index contributed by atoms with van der Waals surface area (Å²) in [6, 6.07) is 5.75. The van der Waals surface area contributed by atoms with E-state index in [9.17, 15) is 9.59 Å². The lowest BCUT2D eigenvalue weighted by Gasteiger charge is -2.22. The summed E-state index contributed by atoms with van der Waals surface area (Å²) in [6.07, 6.45) is 4.18. The highest BCUT2D eigenvalue weighted by molar-refractivity contribution is 5.84. The third-order valence-electron chi connectivity index (χ3n) is 5.94. The van der Waals surface area contributed by atoms with Gasteiger partial charge in [0.2, 0.25) is 11.8 Å². The van der Waals surface area contributed by atoms with E-state index in [0.29, 0.717) is 24.6 Å². The molecule has 1 saturated carbocycles. The van der Waals surface area contributed by atoms with Gasteiger partial charge in [0, 0.05) is 42.6 Å². The Labute approximate surface area is 167 Å². The van der Waals surface area contributed by atoms with Crippen molar-refractivity contribution in [3.63, 3.8) is 0 Å². The van der Waals surface area contributed by atoms with Crippen molar-refractivity contribution in [1.82, 2.24) is 10.2 Å². The van der Waals surface area contributed by atoms with E-state index in [0.717, 1.165) is 31.2 Å². The molecule has 1 saturated heterocycles. The zero-order valence-corrected chi connectivity index (χ0v) is 17.4. The second-order valence-electron chi connectivity index (χ2n) is 8.21. The van der Waals surface area contributed by atoms with Gasteiger partial charge in [-0.05, 0) is 32.8 Å². The Bertz CT molecular complexity index is 712. The largest absolute Gasteiger partial charge is 0.497 e. The number of carbonyl (C=O) groups is 2. The van der Waals surface area contributed by atoms with Crippen LogP contribution >= 0.6 is 0 Å². The predicted molar refractivity (Wildman–Crippen MR) is 108 cm³/mol. The number of ether oxygens (including phenoxy) is 2. The third kappa shape index (κ3) is 4.26. The van der Waals surface area contributed by atoms with Gasteiger partial charge in [0.15, 0.2) is 0 Å². The molecule has 1 aromatic carbocycles. The van der Waals surface area contributed by atoms with Gasteiger partial charge in [-0.15, -0.1) is 0 Å². The molecule has 6 heteroatoms. The average Bonchev–Trinajstić information content (AvgIpc) is 3.36. The Kier molecular flexibility index (Phi) is 6.47. The Balaban J connectivity index is 1.89. The quantitative estimate of drug-likeness (QED) is 0.814. The summed E-state index contributed by atoms with van der Waals surface area (Å²) in [7, 11) is 3.24. The van der Waals surface area contributed by atoms with Crippen molar-refractivity contribution < 1.29 is 19.1 Å². The molecule has 6 nitrogen and oxygen atoms in total. The van der Waals surface area contributed by atoms with Gasteiger partial charge >= 0.3 is 0 Å². The van der Waals surface area contributed by atoms with Gasteiger partial charge in [-0.25, -0.2) is 0 Å². The summed E-state index contributed by atoms with van der Waals surface area (Å²) < 4.78 is 10.9. The Morgan fingerprint density at radius 3 is 2.43 bits per heavy atom. The normalized spacial score (nSPS) is 22.5. The average molecular weight is 389 g/mol. The highest BCUT2D eigenvalue weighted by Crippen LogP contribution is 2.40. The fourth-order valence-electron chi connectivity index (χ4n) is 4.51. The highest BCUT2D eigenvalue weighted by Gasteiger charge is 2.43. The van der Waals surface area contributed by atoms with E-state index in [-0.39, 0.29) is 35.6 Å². The molecule has 28 heavy (non-hydrogen) atoms. The summed E-state index contributed by atoms with van der Waals surface area (Å²) in [5.74, 6) is 1.35. The van der Waals surface area contributed by atoms with Crippen LogP contribution in [-0.4, -0.2) is 50.1 Å².